The van der Waals surface area contributed by atoms with Crippen molar-refractivity contribution in [3.05, 3.63) is 33.2 Å². The molecule has 19 heavy (non-hydrogen) atoms. The van der Waals surface area contributed by atoms with Gasteiger partial charge in [-0.25, -0.2) is 4.98 Å². The van der Waals surface area contributed by atoms with Crippen molar-refractivity contribution >= 4 is 33.3 Å². The van der Waals surface area contributed by atoms with E-state index in [0.29, 0.717) is 15.8 Å². The van der Waals surface area contributed by atoms with E-state index in [1.807, 2.05) is 0 Å². The first-order valence-corrected chi connectivity index (χ1v) is 6.23. The predicted molar refractivity (Wildman–Crippen MR) is 72.4 cm³/mol. The summed E-state index contributed by atoms with van der Waals surface area (Å²) in [5, 5.41) is 9.70. The van der Waals surface area contributed by atoms with Crippen molar-refractivity contribution in [2.45, 2.75) is 13.3 Å². The first kappa shape index (κ1) is 13.3. The van der Waals surface area contributed by atoms with Crippen LogP contribution >= 0.6 is 11.3 Å². The van der Waals surface area contributed by atoms with Crippen LogP contribution in [0.3, 0.4) is 0 Å². The first-order chi connectivity index (χ1) is 8.93. The van der Waals surface area contributed by atoms with Gasteiger partial charge in [0.15, 0.2) is 11.6 Å². The molecule has 0 amide bonds. The number of fused-ring (bicyclic) bond motifs is 1. The molecule has 100 valence electrons. The van der Waals surface area contributed by atoms with E-state index in [1.165, 1.54) is 18.4 Å². The maximum absolute atomic E-state index is 11.9. The molecule has 7 heteroatoms. The van der Waals surface area contributed by atoms with E-state index in [0.717, 1.165) is 4.88 Å². The Balaban J connectivity index is 2.63. The number of carbonyl (C=O) groups excluding carboxylic acids is 1. The van der Waals surface area contributed by atoms with Crippen LogP contribution in [0.25, 0.3) is 16.0 Å². The summed E-state index contributed by atoms with van der Waals surface area (Å²) in [6, 6.07) is 0. The largest absolute Gasteiger partial charge is 0.505 e. The zero-order chi connectivity index (χ0) is 14.2. The van der Waals surface area contributed by atoms with E-state index in [1.54, 1.807) is 6.92 Å². The van der Waals surface area contributed by atoms with Crippen molar-refractivity contribution in [3.63, 3.8) is 0 Å². The minimum absolute atomic E-state index is 0.0309. The summed E-state index contributed by atoms with van der Waals surface area (Å²) >= 11 is 1.23. The van der Waals surface area contributed by atoms with Gasteiger partial charge in [-0.1, -0.05) is 6.58 Å². The van der Waals surface area contributed by atoms with Crippen LogP contribution in [0.5, 0.6) is 0 Å². The molecule has 0 bridgehead atoms. The number of aliphatic hydroxyl groups excluding tert-OH is 1. The van der Waals surface area contributed by atoms with Crippen molar-refractivity contribution < 1.29 is 14.6 Å². The molecule has 0 aliphatic carbocycles. The molecule has 0 spiro atoms. The highest BCUT2D eigenvalue weighted by atomic mass is 32.1. The van der Waals surface area contributed by atoms with Crippen molar-refractivity contribution in [1.82, 2.24) is 9.97 Å². The van der Waals surface area contributed by atoms with Gasteiger partial charge in [-0.15, -0.1) is 11.3 Å². The van der Waals surface area contributed by atoms with E-state index in [4.69, 9.17) is 0 Å². The molecule has 2 rings (SSSR count). The number of aliphatic hydroxyl groups is 1. The lowest BCUT2D eigenvalue weighted by atomic mass is 10.2. The van der Waals surface area contributed by atoms with Gasteiger partial charge in [-0.05, 0) is 12.5 Å². The van der Waals surface area contributed by atoms with E-state index in [2.05, 4.69) is 21.3 Å². The van der Waals surface area contributed by atoms with Gasteiger partial charge in [0.2, 0.25) is 0 Å². The molecule has 0 saturated heterocycles. The lowest BCUT2D eigenvalue weighted by Gasteiger charge is -1.98. The average Bonchev–Trinajstić information content (AvgIpc) is 2.66. The van der Waals surface area contributed by atoms with Crippen LogP contribution in [0.2, 0.25) is 0 Å². The van der Waals surface area contributed by atoms with E-state index in [-0.39, 0.29) is 29.5 Å². The average molecular weight is 280 g/mol. The SMILES string of the molecule is C=C(O)c1nc2sc(CC(=O)OC)c(C)c2c(=O)[nH]1. The summed E-state index contributed by atoms with van der Waals surface area (Å²) in [4.78, 5) is 31.0. The third-order valence-corrected chi connectivity index (χ3v) is 3.89. The standard InChI is InChI=1S/C12H12N2O4S/c1-5-7(4-8(16)18-3)19-12-9(5)11(17)13-10(14-12)6(2)15/h15H,2,4H2,1,3H3,(H,13,14,17). The fourth-order valence-corrected chi connectivity index (χ4v) is 2.86. The second kappa shape index (κ2) is 4.85. The Bertz CT molecular complexity index is 729. The van der Waals surface area contributed by atoms with Crippen LogP contribution in [0.1, 0.15) is 16.3 Å². The molecule has 0 aliphatic heterocycles. The van der Waals surface area contributed by atoms with Crippen LogP contribution in [0.15, 0.2) is 11.4 Å². The number of nitrogens with one attached hydrogen (secondary N) is 1. The number of nitrogens with zero attached hydrogens (tertiary/aromatic N) is 1. The molecule has 0 fully saturated rings. The number of carbonyl (C=O) groups is 1. The summed E-state index contributed by atoms with van der Waals surface area (Å²) < 4.78 is 4.60. The predicted octanol–water partition coefficient (Wildman–Crippen LogP) is 1.54. The van der Waals surface area contributed by atoms with Gasteiger partial charge in [0, 0.05) is 4.88 Å². The Morgan fingerprint density at radius 2 is 2.26 bits per heavy atom. The third-order valence-electron chi connectivity index (χ3n) is 2.71. The summed E-state index contributed by atoms with van der Waals surface area (Å²) in [5.74, 6) is -0.652. The fraction of sp³-hybridized carbons (Fsp3) is 0.250. The van der Waals surface area contributed by atoms with Crippen molar-refractivity contribution in [3.8, 4) is 0 Å². The molecule has 0 unspecified atom stereocenters. The fourth-order valence-electron chi connectivity index (χ4n) is 1.70. The van der Waals surface area contributed by atoms with Gasteiger partial charge in [-0.3, -0.25) is 9.59 Å². The molecule has 0 atom stereocenters. The highest BCUT2D eigenvalue weighted by Gasteiger charge is 2.17. The highest BCUT2D eigenvalue weighted by Crippen LogP contribution is 2.27. The van der Waals surface area contributed by atoms with Gasteiger partial charge >= 0.3 is 5.97 Å². The molecular formula is C12H12N2O4S. The molecule has 0 saturated carbocycles. The Hall–Kier alpha value is -2.15. The number of aromatic amines is 1. The van der Waals surface area contributed by atoms with Crippen molar-refractivity contribution in [1.29, 1.82) is 0 Å². The van der Waals surface area contributed by atoms with Crippen LogP contribution in [-0.4, -0.2) is 28.2 Å². The molecule has 2 aromatic heterocycles. The minimum Gasteiger partial charge on any atom is -0.505 e. The van der Waals surface area contributed by atoms with Crippen LogP contribution in [-0.2, 0) is 16.0 Å². The zero-order valence-electron chi connectivity index (χ0n) is 10.4. The molecule has 2 N–H and O–H groups in total. The Morgan fingerprint density at radius 3 is 2.84 bits per heavy atom. The summed E-state index contributed by atoms with van der Waals surface area (Å²) in [7, 11) is 1.31. The summed E-state index contributed by atoms with van der Waals surface area (Å²) in [6.07, 6.45) is 0.0954. The number of aryl methyl sites for hydroxylation is 1. The normalized spacial score (nSPS) is 10.6. The van der Waals surface area contributed by atoms with Gasteiger partial charge in [0.25, 0.3) is 5.56 Å². The lowest BCUT2D eigenvalue weighted by molar-refractivity contribution is -0.139. The second-order valence-corrected chi connectivity index (χ2v) is 5.03. The van der Waals surface area contributed by atoms with E-state index in [9.17, 15) is 14.7 Å². The first-order valence-electron chi connectivity index (χ1n) is 5.41. The van der Waals surface area contributed by atoms with Gasteiger partial charge in [0.1, 0.15) is 4.83 Å². The second-order valence-electron chi connectivity index (χ2n) is 3.94. The molecule has 0 aromatic carbocycles. The molecule has 2 aromatic rings. The minimum atomic E-state index is -0.377. The number of thiophene rings is 1. The van der Waals surface area contributed by atoms with Crippen molar-refractivity contribution in [2.24, 2.45) is 0 Å². The van der Waals surface area contributed by atoms with Gasteiger partial charge in [-0.2, -0.15) is 0 Å². The van der Waals surface area contributed by atoms with Gasteiger partial charge < -0.3 is 14.8 Å². The molecule has 0 radical (unpaired) electrons. The van der Waals surface area contributed by atoms with Gasteiger partial charge in [0.05, 0.1) is 18.9 Å². The monoisotopic (exact) mass is 280 g/mol. The number of rotatable bonds is 3. The zero-order valence-corrected chi connectivity index (χ0v) is 11.3. The number of H-pyrrole nitrogens is 1. The molecule has 2 heterocycles. The molecule has 6 nitrogen and oxygen atoms in total. The molecule has 0 aliphatic rings. The number of aromatic nitrogens is 2. The number of methoxy groups -OCH3 is 1. The van der Waals surface area contributed by atoms with E-state index >= 15 is 0 Å². The Kier molecular flexibility index (Phi) is 3.39. The maximum atomic E-state index is 11.9. The third kappa shape index (κ3) is 2.37. The maximum Gasteiger partial charge on any atom is 0.310 e. The quantitative estimate of drug-likeness (QED) is 0.657. The summed E-state index contributed by atoms with van der Waals surface area (Å²) in [6.45, 7) is 5.07. The lowest BCUT2D eigenvalue weighted by Crippen LogP contribution is -2.11. The number of esters is 1. The number of hydrogen-bond acceptors (Lipinski definition) is 6. The van der Waals surface area contributed by atoms with E-state index < -0.39 is 0 Å². The Labute approximate surface area is 112 Å². The Morgan fingerprint density at radius 1 is 1.58 bits per heavy atom. The topological polar surface area (TPSA) is 92.3 Å². The smallest absolute Gasteiger partial charge is 0.310 e. The van der Waals surface area contributed by atoms with Crippen LogP contribution in [0.4, 0.5) is 0 Å². The summed E-state index contributed by atoms with van der Waals surface area (Å²) in [5.41, 5.74) is 0.342. The molecular weight excluding hydrogens is 268 g/mol. The number of hydrogen-bond donors (Lipinski definition) is 2. The highest BCUT2D eigenvalue weighted by molar-refractivity contribution is 7.18. The van der Waals surface area contributed by atoms with Crippen LogP contribution < -0.4 is 5.56 Å². The number of ether oxygens (including phenoxy) is 1. The van der Waals surface area contributed by atoms with Crippen LogP contribution in [0, 0.1) is 6.92 Å². The van der Waals surface area contributed by atoms with Crippen molar-refractivity contribution in [2.75, 3.05) is 7.11 Å².